The first-order chi connectivity index (χ1) is 33.2. The van der Waals surface area contributed by atoms with Crippen molar-refractivity contribution >= 4 is 69.5 Å². The number of benzene rings is 9. The number of allylic oxidation sites excluding steroid dienone is 7. The molecule has 0 fully saturated rings. The standard InChI is InChI=1S/C66H51NS/c1-65(2)58-22-11-8-19-48(58)50-30-27-43(36-60(50)65)54-35-42-26-25-41(34-55(42)64-53(54)31-28-44-37-63-57(39-56(44)64)52-21-10-13-24-62(52)68-63)40-15-14-18-46(33-40)67(45-16-6-5-7-17-45)47-29-32-51-49-20-9-12-23-59(49)66(3,4)61(51)38-47/h5-6,8-16,18-39,51,61H,7,17H2,1-4H3. The molecule has 0 saturated heterocycles. The van der Waals surface area contributed by atoms with Gasteiger partial charge < -0.3 is 4.90 Å². The molecule has 0 bridgehead atoms. The highest BCUT2D eigenvalue weighted by molar-refractivity contribution is 7.25. The Morgan fingerprint density at radius 1 is 0.544 bits per heavy atom. The molecule has 2 heteroatoms. The molecule has 0 amide bonds. The first kappa shape index (κ1) is 39.9. The molecule has 326 valence electrons. The summed E-state index contributed by atoms with van der Waals surface area (Å²) in [6, 6.07) is 62.8. The van der Waals surface area contributed by atoms with E-state index in [2.05, 4.69) is 233 Å². The molecule has 1 aromatic heterocycles. The van der Waals surface area contributed by atoms with Crippen LogP contribution in [0.15, 0.2) is 212 Å². The molecule has 0 aliphatic heterocycles. The average Bonchev–Trinajstić information content (AvgIpc) is 3.94. The van der Waals surface area contributed by atoms with Crippen molar-refractivity contribution in [2.45, 2.75) is 57.3 Å². The molecule has 4 aliphatic carbocycles. The normalized spacial score (nSPS) is 18.5. The van der Waals surface area contributed by atoms with Crippen molar-refractivity contribution in [2.24, 2.45) is 5.92 Å². The molecule has 68 heavy (non-hydrogen) atoms. The molecule has 2 atom stereocenters. The zero-order chi connectivity index (χ0) is 45.5. The van der Waals surface area contributed by atoms with Crippen LogP contribution < -0.4 is 4.90 Å². The maximum Gasteiger partial charge on any atom is 0.0464 e. The van der Waals surface area contributed by atoms with E-state index in [1.807, 2.05) is 11.3 Å². The minimum Gasteiger partial charge on any atom is -0.315 e. The van der Waals surface area contributed by atoms with Gasteiger partial charge in [-0.3, -0.25) is 0 Å². The lowest BCUT2D eigenvalue weighted by Crippen LogP contribution is -2.29. The van der Waals surface area contributed by atoms with Crippen LogP contribution in [-0.2, 0) is 10.8 Å². The van der Waals surface area contributed by atoms with Crippen molar-refractivity contribution in [3.05, 3.63) is 234 Å². The predicted molar refractivity (Wildman–Crippen MR) is 292 cm³/mol. The summed E-state index contributed by atoms with van der Waals surface area (Å²) in [7, 11) is 0. The van der Waals surface area contributed by atoms with Gasteiger partial charge in [0.05, 0.1) is 0 Å². The van der Waals surface area contributed by atoms with E-state index >= 15 is 0 Å². The van der Waals surface area contributed by atoms with Crippen LogP contribution in [0, 0.1) is 5.92 Å². The summed E-state index contributed by atoms with van der Waals surface area (Å²) < 4.78 is 2.67. The highest BCUT2D eigenvalue weighted by atomic mass is 32.1. The van der Waals surface area contributed by atoms with E-state index in [4.69, 9.17) is 0 Å². The first-order valence-electron chi connectivity index (χ1n) is 24.5. The zero-order valence-electron chi connectivity index (χ0n) is 39.0. The third-order valence-electron chi connectivity index (χ3n) is 16.4. The van der Waals surface area contributed by atoms with Gasteiger partial charge in [-0.15, -0.1) is 11.3 Å². The quantitative estimate of drug-likeness (QED) is 0.156. The SMILES string of the molecule is CC1(C)c2ccccc2-c2ccc(-c3cc4ccc(-c5cccc(N(C6=CC7C(C=C6)c6ccccc6C7(C)C)C6=CC=CCC6)c5)cc4c4c3ccc3cc5sc6ccccc6c5cc34)cc21. The molecule has 1 heterocycles. The smallest absolute Gasteiger partial charge is 0.0464 e. The summed E-state index contributed by atoms with van der Waals surface area (Å²) in [6.07, 6.45) is 16.4. The minimum atomic E-state index is -0.0820. The second kappa shape index (κ2) is 14.6. The van der Waals surface area contributed by atoms with Gasteiger partial charge in [0.15, 0.2) is 0 Å². The molecule has 2 unspecified atom stereocenters. The number of hydrogen-bond acceptors (Lipinski definition) is 2. The summed E-state index contributed by atoms with van der Waals surface area (Å²) >= 11 is 1.90. The number of thiophene rings is 1. The first-order valence-corrected chi connectivity index (χ1v) is 25.3. The van der Waals surface area contributed by atoms with Crippen molar-refractivity contribution in [1.29, 1.82) is 0 Å². The van der Waals surface area contributed by atoms with Crippen LogP contribution in [0.2, 0.25) is 0 Å². The number of nitrogens with zero attached hydrogens (tertiary/aromatic N) is 1. The second-order valence-electron chi connectivity index (χ2n) is 20.8. The van der Waals surface area contributed by atoms with E-state index in [9.17, 15) is 0 Å². The van der Waals surface area contributed by atoms with Gasteiger partial charge in [0, 0.05) is 48.6 Å². The Kier molecular flexibility index (Phi) is 8.57. The molecule has 14 rings (SSSR count). The maximum atomic E-state index is 2.58. The lowest BCUT2D eigenvalue weighted by Gasteiger charge is -2.36. The van der Waals surface area contributed by atoms with Crippen LogP contribution in [0.1, 0.15) is 68.7 Å². The van der Waals surface area contributed by atoms with Crippen LogP contribution >= 0.6 is 11.3 Å². The highest BCUT2D eigenvalue weighted by Crippen LogP contribution is 2.55. The Morgan fingerprint density at radius 3 is 2.21 bits per heavy atom. The highest BCUT2D eigenvalue weighted by Gasteiger charge is 2.45. The van der Waals surface area contributed by atoms with E-state index in [-0.39, 0.29) is 10.8 Å². The van der Waals surface area contributed by atoms with Gasteiger partial charge in [-0.25, -0.2) is 0 Å². The van der Waals surface area contributed by atoms with E-state index in [1.54, 1.807) is 0 Å². The number of fused-ring (bicyclic) bond motifs is 14. The van der Waals surface area contributed by atoms with Gasteiger partial charge in [-0.1, -0.05) is 167 Å². The molecule has 4 aliphatic rings. The Labute approximate surface area is 402 Å². The second-order valence-corrected chi connectivity index (χ2v) is 21.9. The van der Waals surface area contributed by atoms with Gasteiger partial charge in [0.1, 0.15) is 0 Å². The van der Waals surface area contributed by atoms with Gasteiger partial charge in [0.2, 0.25) is 0 Å². The Morgan fingerprint density at radius 2 is 1.31 bits per heavy atom. The van der Waals surface area contributed by atoms with Crippen molar-refractivity contribution in [1.82, 2.24) is 0 Å². The van der Waals surface area contributed by atoms with Gasteiger partial charge >= 0.3 is 0 Å². The van der Waals surface area contributed by atoms with Crippen LogP contribution in [0.5, 0.6) is 0 Å². The molecule has 0 N–H and O–H groups in total. The lowest BCUT2D eigenvalue weighted by atomic mass is 9.74. The van der Waals surface area contributed by atoms with Gasteiger partial charge in [-0.2, -0.15) is 0 Å². The van der Waals surface area contributed by atoms with Gasteiger partial charge in [0.25, 0.3) is 0 Å². The largest absolute Gasteiger partial charge is 0.315 e. The average molecular weight is 890 g/mol. The molecule has 0 radical (unpaired) electrons. The fourth-order valence-electron chi connectivity index (χ4n) is 12.9. The Bertz CT molecular complexity index is 3940. The monoisotopic (exact) mass is 889 g/mol. The predicted octanol–water partition coefficient (Wildman–Crippen LogP) is 18.3. The van der Waals surface area contributed by atoms with Crippen molar-refractivity contribution < 1.29 is 0 Å². The number of rotatable bonds is 5. The molecule has 10 aromatic rings. The van der Waals surface area contributed by atoms with Crippen LogP contribution in [0.4, 0.5) is 5.69 Å². The summed E-state index contributed by atoms with van der Waals surface area (Å²) in [5.74, 6) is 0.773. The summed E-state index contributed by atoms with van der Waals surface area (Å²) in [6.45, 7) is 9.64. The fourth-order valence-corrected chi connectivity index (χ4v) is 14.0. The van der Waals surface area contributed by atoms with E-state index < -0.39 is 0 Å². The third kappa shape index (κ3) is 5.80. The van der Waals surface area contributed by atoms with Crippen LogP contribution in [0.3, 0.4) is 0 Å². The van der Waals surface area contributed by atoms with Crippen molar-refractivity contribution in [3.8, 4) is 33.4 Å². The lowest BCUT2D eigenvalue weighted by molar-refractivity contribution is 0.392. The topological polar surface area (TPSA) is 3.24 Å². The minimum absolute atomic E-state index is 0.0365. The molecule has 0 saturated carbocycles. The van der Waals surface area contributed by atoms with Gasteiger partial charge in [-0.05, 0) is 173 Å². The number of anilines is 1. The summed E-state index contributed by atoms with van der Waals surface area (Å²) in [5, 5.41) is 10.4. The molecule has 9 aromatic carbocycles. The van der Waals surface area contributed by atoms with Crippen molar-refractivity contribution in [2.75, 3.05) is 4.90 Å². The van der Waals surface area contributed by atoms with E-state index in [0.717, 1.165) is 12.8 Å². The maximum absolute atomic E-state index is 2.58. The fraction of sp³-hybridized carbons (Fsp3) is 0.152. The number of hydrogen-bond donors (Lipinski definition) is 0. The van der Waals surface area contributed by atoms with Crippen LogP contribution in [0.25, 0.3) is 85.9 Å². The van der Waals surface area contributed by atoms with Crippen molar-refractivity contribution in [3.63, 3.8) is 0 Å². The van der Waals surface area contributed by atoms with E-state index in [0.29, 0.717) is 11.8 Å². The molecule has 1 nitrogen and oxygen atoms in total. The molecular formula is C66H51NS. The zero-order valence-corrected chi connectivity index (χ0v) is 39.8. The van der Waals surface area contributed by atoms with E-state index in [1.165, 1.54) is 125 Å². The Hall–Kier alpha value is -7.26. The summed E-state index contributed by atoms with van der Waals surface area (Å²) in [4.78, 5) is 2.54. The Balaban J connectivity index is 0.951. The van der Waals surface area contributed by atoms with Crippen LogP contribution in [-0.4, -0.2) is 0 Å². The summed E-state index contributed by atoms with van der Waals surface area (Å²) in [5.41, 5.74) is 17.2. The molecule has 0 spiro atoms. The molecular weight excluding hydrogens is 839 g/mol. The third-order valence-corrected chi connectivity index (χ3v) is 17.5.